The molecule has 0 radical (unpaired) electrons. The molecule has 2 heterocycles. The number of nitrogens with one attached hydrogen (secondary N) is 1. The maximum absolute atomic E-state index is 10.5. The molecule has 0 aliphatic heterocycles. The van der Waals surface area contributed by atoms with Crippen molar-refractivity contribution in [3.8, 4) is 0 Å². The van der Waals surface area contributed by atoms with Crippen molar-refractivity contribution in [3.05, 3.63) is 11.2 Å². The second-order valence-corrected chi connectivity index (χ2v) is 1.50. The molecule has 0 unspecified atom stereocenters. The monoisotopic (exact) mass is 128 g/mol. The van der Waals surface area contributed by atoms with E-state index in [1.165, 1.54) is 6.26 Å². The number of rotatable bonds is 0. The molecule has 2 aromatic rings. The summed E-state index contributed by atoms with van der Waals surface area (Å²) in [4.78, 5) is 10.5. The topological polar surface area (TPSA) is 77.9 Å². The van der Waals surface area contributed by atoms with Crippen LogP contribution in [-0.2, 0) is 0 Å². The highest BCUT2D eigenvalue weighted by atomic mass is 16.7. The van der Waals surface area contributed by atoms with E-state index in [9.17, 15) is 4.91 Å². The lowest BCUT2D eigenvalue weighted by molar-refractivity contribution is -0.692. The zero-order valence-electron chi connectivity index (χ0n) is 4.20. The highest BCUT2D eigenvalue weighted by molar-refractivity contribution is 5.61. The number of aromatic nitrogens is 3. The predicted octanol–water partition coefficient (Wildman–Crippen LogP) is -0.337. The quantitative estimate of drug-likeness (QED) is 0.526. The van der Waals surface area contributed by atoms with Gasteiger partial charge in [-0.05, 0) is 15.2 Å². The molecule has 0 aliphatic rings. The maximum atomic E-state index is 10.5. The fourth-order valence-electron chi connectivity index (χ4n) is 0.566. The van der Waals surface area contributed by atoms with E-state index in [2.05, 4.69) is 19.5 Å². The first kappa shape index (κ1) is 4.30. The molecule has 0 spiro atoms. The van der Waals surface area contributed by atoms with Gasteiger partial charge in [-0.3, -0.25) is 0 Å². The van der Waals surface area contributed by atoms with Crippen LogP contribution in [0.2, 0.25) is 0 Å². The van der Waals surface area contributed by atoms with Gasteiger partial charge in [-0.25, -0.2) is 0 Å². The van der Waals surface area contributed by atoms with Crippen LogP contribution >= 0.6 is 0 Å². The number of hydrogen-bond acceptors (Lipinski definition) is 4. The van der Waals surface area contributed by atoms with Crippen molar-refractivity contribution in [2.45, 2.75) is 0 Å². The Bertz CT molecular complexity index is 368. The molecular weight excluding hydrogens is 126 g/mol. The molecule has 2 rings (SSSR count). The van der Waals surface area contributed by atoms with Crippen molar-refractivity contribution >= 4 is 11.2 Å². The smallest absolute Gasteiger partial charge is 0.348 e. The summed E-state index contributed by atoms with van der Waals surface area (Å²) >= 11 is 0. The van der Waals surface area contributed by atoms with E-state index in [0.29, 0.717) is 5.65 Å². The minimum absolute atomic E-state index is 0.259. The first-order valence-electron chi connectivity index (χ1n) is 2.22. The Morgan fingerprint density at radius 3 is 3.44 bits per heavy atom. The van der Waals surface area contributed by atoms with Crippen LogP contribution in [0.1, 0.15) is 0 Å². The lowest BCUT2D eigenvalue weighted by Gasteiger charge is -1.53. The van der Waals surface area contributed by atoms with Crippen molar-refractivity contribution in [2.75, 3.05) is 0 Å². The third kappa shape index (κ3) is 0.411. The lowest BCUT2D eigenvalue weighted by atomic mass is 10.6. The fraction of sp³-hybridized carbons (Fsp3) is 0. The second-order valence-electron chi connectivity index (χ2n) is 1.50. The van der Waals surface area contributed by atoms with Gasteiger partial charge in [-0.2, -0.15) is 0 Å². The highest BCUT2D eigenvalue weighted by Crippen LogP contribution is 1.99. The van der Waals surface area contributed by atoms with Gasteiger partial charge in [0.1, 0.15) is 0 Å². The van der Waals surface area contributed by atoms with E-state index in [-0.39, 0.29) is 10.1 Å². The molecule has 1 N–H and O–H groups in total. The molecule has 6 nitrogen and oxygen atoms in total. The van der Waals surface area contributed by atoms with Crippen LogP contribution in [0.5, 0.6) is 0 Å². The molecule has 0 saturated carbocycles. The van der Waals surface area contributed by atoms with Gasteiger partial charge >= 0.3 is 11.2 Å². The van der Waals surface area contributed by atoms with Crippen LogP contribution < -0.4 is 4.60 Å². The first-order valence-corrected chi connectivity index (χ1v) is 2.22. The Hall–Kier alpha value is -1.59. The minimum atomic E-state index is 0.259. The number of nitrogens with zero attached hydrogens (tertiary/aromatic N) is 2. The highest BCUT2D eigenvalue weighted by Gasteiger charge is 2.12. The summed E-state index contributed by atoms with van der Waals surface area (Å²) < 4.78 is 8.98. The SMILES string of the molecule is O=[n+]1o[nH]c2nocc21. The van der Waals surface area contributed by atoms with Crippen molar-refractivity contribution in [1.29, 1.82) is 0 Å². The summed E-state index contributed by atoms with van der Waals surface area (Å²) in [5.41, 5.74) is 0.569. The van der Waals surface area contributed by atoms with E-state index < -0.39 is 0 Å². The summed E-state index contributed by atoms with van der Waals surface area (Å²) in [6.45, 7) is 0. The largest absolute Gasteiger partial charge is 0.356 e. The van der Waals surface area contributed by atoms with Gasteiger partial charge in [0.05, 0.1) is 0 Å². The minimum Gasteiger partial charge on any atom is -0.356 e. The maximum Gasteiger partial charge on any atom is 0.348 e. The molecule has 0 bridgehead atoms. The zero-order valence-corrected chi connectivity index (χ0v) is 4.20. The molecule has 0 saturated heterocycles. The second kappa shape index (κ2) is 1.22. The molecule has 0 fully saturated rings. The van der Waals surface area contributed by atoms with Crippen LogP contribution in [0.3, 0.4) is 0 Å². The molecule has 46 valence electrons. The van der Waals surface area contributed by atoms with Crippen molar-refractivity contribution < 1.29 is 13.8 Å². The summed E-state index contributed by atoms with van der Waals surface area (Å²) in [5, 5.41) is 5.63. The van der Waals surface area contributed by atoms with E-state index in [4.69, 9.17) is 0 Å². The molecule has 2 aromatic heterocycles. The molecule has 9 heavy (non-hydrogen) atoms. The van der Waals surface area contributed by atoms with Crippen LogP contribution in [-0.4, -0.2) is 10.3 Å². The van der Waals surface area contributed by atoms with Gasteiger partial charge in [0.2, 0.25) is 0 Å². The van der Waals surface area contributed by atoms with Gasteiger partial charge in [0.15, 0.2) is 10.9 Å². The Labute approximate surface area is 47.6 Å². The summed E-state index contributed by atoms with van der Waals surface area (Å²) in [6.07, 6.45) is 1.20. The van der Waals surface area contributed by atoms with Gasteiger partial charge in [-0.1, -0.05) is 4.63 Å². The third-order valence-corrected chi connectivity index (χ3v) is 0.973. The molecule has 0 atom stereocenters. The molecular formula is C3H2N3O3+. The zero-order chi connectivity index (χ0) is 6.27. The van der Waals surface area contributed by atoms with E-state index in [1.807, 2.05) is 0 Å². The first-order chi connectivity index (χ1) is 4.38. The lowest BCUT2D eigenvalue weighted by Crippen LogP contribution is -2.07. The summed E-state index contributed by atoms with van der Waals surface area (Å²) in [7, 11) is 0. The number of H-pyrrole nitrogens is 1. The van der Waals surface area contributed by atoms with Crippen molar-refractivity contribution in [1.82, 2.24) is 10.3 Å². The van der Waals surface area contributed by atoms with Crippen molar-refractivity contribution in [2.24, 2.45) is 0 Å². The van der Waals surface area contributed by atoms with Gasteiger partial charge in [0, 0.05) is 0 Å². The van der Waals surface area contributed by atoms with Gasteiger partial charge < -0.3 is 4.52 Å². The average molecular weight is 128 g/mol. The number of aromatic amines is 1. The Balaban J connectivity index is 3.17. The average Bonchev–Trinajstić information content (AvgIpc) is 2.35. The molecule has 0 amide bonds. The summed E-state index contributed by atoms with van der Waals surface area (Å²) in [5.74, 6) is 0. The van der Waals surface area contributed by atoms with Crippen LogP contribution in [0.15, 0.2) is 15.4 Å². The standard InChI is InChI=1S/C3H2N3O3/c7-6-2-1-8-4-3(2)5-9-6/h1H,(H,4,5)/q+1. The van der Waals surface area contributed by atoms with E-state index in [0.717, 1.165) is 0 Å². The number of fused-ring (bicyclic) bond motifs is 1. The van der Waals surface area contributed by atoms with E-state index >= 15 is 0 Å². The van der Waals surface area contributed by atoms with Crippen LogP contribution in [0, 0.1) is 4.91 Å². The Morgan fingerprint density at radius 1 is 1.78 bits per heavy atom. The van der Waals surface area contributed by atoms with Crippen LogP contribution in [0.4, 0.5) is 0 Å². The van der Waals surface area contributed by atoms with E-state index in [1.54, 1.807) is 0 Å². The predicted molar refractivity (Wildman–Crippen MR) is 24.0 cm³/mol. The Kier molecular flexibility index (Phi) is 0.583. The van der Waals surface area contributed by atoms with Crippen molar-refractivity contribution in [3.63, 3.8) is 0 Å². The number of hydrogen-bond donors (Lipinski definition) is 1. The Morgan fingerprint density at radius 2 is 2.67 bits per heavy atom. The fourth-order valence-corrected chi connectivity index (χ4v) is 0.566. The normalized spacial score (nSPS) is 10.7. The van der Waals surface area contributed by atoms with Gasteiger partial charge in [-0.15, -0.1) is 0 Å². The van der Waals surface area contributed by atoms with Crippen LogP contribution in [0.25, 0.3) is 11.2 Å². The molecule has 6 heteroatoms. The third-order valence-electron chi connectivity index (χ3n) is 0.973. The van der Waals surface area contributed by atoms with Gasteiger partial charge in [0.25, 0.3) is 0 Å². The molecule has 0 aromatic carbocycles. The summed E-state index contributed by atoms with van der Waals surface area (Å²) in [6, 6.07) is 0. The molecule has 0 aliphatic carbocycles.